The first-order valence-electron chi connectivity index (χ1n) is 7.69. The first-order chi connectivity index (χ1) is 12.2. The summed E-state index contributed by atoms with van der Waals surface area (Å²) in [6.07, 6.45) is -0.222. The van der Waals surface area contributed by atoms with E-state index in [0.29, 0.717) is 16.3 Å². The van der Waals surface area contributed by atoms with Gasteiger partial charge in [0.05, 0.1) is 17.5 Å². The summed E-state index contributed by atoms with van der Waals surface area (Å²) < 4.78 is 7.50. The monoisotopic (exact) mass is 349 g/mol. The third-order valence-corrected chi connectivity index (χ3v) is 4.29. The lowest BCUT2D eigenvalue weighted by molar-refractivity contribution is 0.0990. The summed E-state index contributed by atoms with van der Waals surface area (Å²) in [5, 5.41) is 13.9. The summed E-state index contributed by atoms with van der Waals surface area (Å²) in [5.41, 5.74) is 3.32. The molecular weight excluding hydrogens is 338 g/mol. The minimum absolute atomic E-state index is 0.222. The van der Waals surface area contributed by atoms with Crippen LogP contribution in [0.3, 0.4) is 0 Å². The SMILES string of the molecule is N#CCC(=O)c1nn(-c2ccccc2)c2c1COc1ccc(Cl)cc1-2. The van der Waals surface area contributed by atoms with Crippen molar-refractivity contribution >= 4 is 17.4 Å². The number of aromatic nitrogens is 2. The third-order valence-electron chi connectivity index (χ3n) is 4.06. The average Bonchev–Trinajstić information content (AvgIpc) is 3.03. The fourth-order valence-electron chi connectivity index (χ4n) is 2.96. The summed E-state index contributed by atoms with van der Waals surface area (Å²) in [5.74, 6) is 0.371. The van der Waals surface area contributed by atoms with Gasteiger partial charge in [-0.05, 0) is 30.3 Å². The van der Waals surface area contributed by atoms with Crippen molar-refractivity contribution in [3.05, 3.63) is 64.8 Å². The number of fused-ring (bicyclic) bond motifs is 3. The molecule has 0 aliphatic carbocycles. The fourth-order valence-corrected chi connectivity index (χ4v) is 3.13. The van der Waals surface area contributed by atoms with Gasteiger partial charge in [-0.1, -0.05) is 29.8 Å². The highest BCUT2D eigenvalue weighted by molar-refractivity contribution is 6.31. The number of para-hydroxylation sites is 1. The largest absolute Gasteiger partial charge is 0.488 e. The highest BCUT2D eigenvalue weighted by Crippen LogP contribution is 2.41. The Hall–Kier alpha value is -3.10. The molecule has 0 radical (unpaired) electrons. The van der Waals surface area contributed by atoms with Crippen LogP contribution in [-0.2, 0) is 6.61 Å². The Morgan fingerprint density at radius 1 is 1.28 bits per heavy atom. The second-order valence-corrected chi connectivity index (χ2v) is 6.05. The normalized spacial score (nSPS) is 11.8. The van der Waals surface area contributed by atoms with Crippen molar-refractivity contribution < 1.29 is 9.53 Å². The molecule has 0 N–H and O–H groups in total. The number of ether oxygens (including phenoxy) is 1. The van der Waals surface area contributed by atoms with Gasteiger partial charge in [0.1, 0.15) is 24.5 Å². The first-order valence-corrected chi connectivity index (χ1v) is 8.07. The molecule has 6 heteroatoms. The molecular formula is C19H12ClN3O2. The number of nitrogens with zero attached hydrogens (tertiary/aromatic N) is 3. The highest BCUT2D eigenvalue weighted by Gasteiger charge is 2.29. The number of halogens is 1. The number of hydrogen-bond acceptors (Lipinski definition) is 4. The maximum Gasteiger partial charge on any atom is 0.197 e. The number of carbonyl (C=O) groups excluding carboxylic acids is 1. The first kappa shape index (κ1) is 15.4. The molecule has 0 bridgehead atoms. The number of ketones is 1. The van der Waals surface area contributed by atoms with E-state index < -0.39 is 0 Å². The highest BCUT2D eigenvalue weighted by atomic mass is 35.5. The molecule has 1 aliphatic heterocycles. The van der Waals surface area contributed by atoms with Crippen LogP contribution in [0.1, 0.15) is 22.5 Å². The van der Waals surface area contributed by atoms with E-state index in [1.165, 1.54) is 0 Å². The van der Waals surface area contributed by atoms with Crippen molar-refractivity contribution in [3.63, 3.8) is 0 Å². The third kappa shape index (κ3) is 2.57. The van der Waals surface area contributed by atoms with Crippen molar-refractivity contribution in [2.45, 2.75) is 13.0 Å². The smallest absolute Gasteiger partial charge is 0.197 e. The van der Waals surface area contributed by atoms with Gasteiger partial charge in [0, 0.05) is 16.1 Å². The number of hydrogen-bond donors (Lipinski definition) is 0. The molecule has 0 saturated heterocycles. The molecule has 0 atom stereocenters. The van der Waals surface area contributed by atoms with Crippen molar-refractivity contribution in [2.24, 2.45) is 0 Å². The van der Waals surface area contributed by atoms with Crippen LogP contribution in [0.4, 0.5) is 0 Å². The summed E-state index contributed by atoms with van der Waals surface area (Å²) in [6.45, 7) is 0.225. The number of Topliss-reactive ketones (excluding diaryl/α,β-unsaturated/α-hetero) is 1. The van der Waals surface area contributed by atoms with Crippen LogP contribution < -0.4 is 4.74 Å². The van der Waals surface area contributed by atoms with Gasteiger partial charge in [-0.15, -0.1) is 0 Å². The topological polar surface area (TPSA) is 67.9 Å². The molecule has 0 saturated carbocycles. The molecule has 1 aliphatic rings. The second-order valence-electron chi connectivity index (χ2n) is 5.61. The lowest BCUT2D eigenvalue weighted by Crippen LogP contribution is -2.09. The summed E-state index contributed by atoms with van der Waals surface area (Å²) >= 11 is 6.17. The predicted molar refractivity (Wildman–Crippen MR) is 92.9 cm³/mol. The Morgan fingerprint density at radius 3 is 2.84 bits per heavy atom. The lowest BCUT2D eigenvalue weighted by Gasteiger charge is -2.20. The summed E-state index contributed by atoms with van der Waals surface area (Å²) in [7, 11) is 0. The predicted octanol–water partition coefficient (Wildman–Crippen LogP) is 4.18. The zero-order valence-corrected chi connectivity index (χ0v) is 13.8. The molecule has 2 heterocycles. The van der Waals surface area contributed by atoms with Gasteiger partial charge in [-0.2, -0.15) is 10.4 Å². The van der Waals surface area contributed by atoms with Crippen molar-refractivity contribution in [1.29, 1.82) is 5.26 Å². The molecule has 0 fully saturated rings. The van der Waals surface area contributed by atoms with Crippen LogP contribution in [0, 0.1) is 11.3 Å². The van der Waals surface area contributed by atoms with E-state index in [1.807, 2.05) is 36.4 Å². The average molecular weight is 350 g/mol. The van der Waals surface area contributed by atoms with Crippen LogP contribution in [-0.4, -0.2) is 15.6 Å². The Labute approximate surface area is 149 Å². The van der Waals surface area contributed by atoms with E-state index in [9.17, 15) is 4.79 Å². The zero-order valence-electron chi connectivity index (χ0n) is 13.1. The fraction of sp³-hybridized carbons (Fsp3) is 0.105. The van der Waals surface area contributed by atoms with Crippen LogP contribution in [0.5, 0.6) is 5.75 Å². The maximum atomic E-state index is 12.4. The standard InChI is InChI=1S/C19H12ClN3O2/c20-12-6-7-17-14(10-12)19-15(11-25-17)18(16(24)8-9-21)22-23(19)13-4-2-1-3-5-13/h1-7,10H,8,11H2. The molecule has 5 nitrogen and oxygen atoms in total. The minimum atomic E-state index is -0.317. The van der Waals surface area contributed by atoms with Crippen LogP contribution >= 0.6 is 11.6 Å². The van der Waals surface area contributed by atoms with Gasteiger partial charge in [-0.25, -0.2) is 4.68 Å². The summed E-state index contributed by atoms with van der Waals surface area (Å²) in [6, 6.07) is 16.8. The van der Waals surface area contributed by atoms with Crippen molar-refractivity contribution in [2.75, 3.05) is 0 Å². The molecule has 3 aromatic rings. The van der Waals surface area contributed by atoms with E-state index in [4.69, 9.17) is 21.6 Å². The quantitative estimate of drug-likeness (QED) is 0.665. The van der Waals surface area contributed by atoms with E-state index in [2.05, 4.69) is 5.10 Å². The van der Waals surface area contributed by atoms with Gasteiger partial charge in [0.15, 0.2) is 5.78 Å². The molecule has 4 rings (SSSR count). The van der Waals surface area contributed by atoms with Crippen LogP contribution in [0.2, 0.25) is 5.02 Å². The Balaban J connectivity index is 2.00. The molecule has 0 spiro atoms. The van der Waals surface area contributed by atoms with Gasteiger partial charge < -0.3 is 4.74 Å². The Morgan fingerprint density at radius 2 is 2.08 bits per heavy atom. The van der Waals surface area contributed by atoms with Gasteiger partial charge >= 0.3 is 0 Å². The molecule has 0 amide bonds. The molecule has 1 aromatic heterocycles. The van der Waals surface area contributed by atoms with Crippen molar-refractivity contribution in [1.82, 2.24) is 9.78 Å². The number of benzene rings is 2. The molecule has 2 aromatic carbocycles. The molecule has 0 unspecified atom stereocenters. The Bertz CT molecular complexity index is 1020. The zero-order chi connectivity index (χ0) is 17.4. The van der Waals surface area contributed by atoms with E-state index in [-0.39, 0.29) is 24.5 Å². The number of rotatable bonds is 3. The van der Waals surface area contributed by atoms with E-state index >= 15 is 0 Å². The number of nitriles is 1. The van der Waals surface area contributed by atoms with Gasteiger partial charge in [-0.3, -0.25) is 4.79 Å². The van der Waals surface area contributed by atoms with E-state index in [1.54, 1.807) is 22.9 Å². The number of carbonyl (C=O) groups is 1. The second kappa shape index (κ2) is 6.08. The summed E-state index contributed by atoms with van der Waals surface area (Å²) in [4.78, 5) is 12.4. The molecule has 122 valence electrons. The van der Waals surface area contributed by atoms with Gasteiger partial charge in [0.25, 0.3) is 0 Å². The maximum absolute atomic E-state index is 12.4. The van der Waals surface area contributed by atoms with Crippen LogP contribution in [0.25, 0.3) is 16.9 Å². The minimum Gasteiger partial charge on any atom is -0.488 e. The van der Waals surface area contributed by atoms with Crippen LogP contribution in [0.15, 0.2) is 48.5 Å². The Kier molecular flexibility index (Phi) is 3.75. The van der Waals surface area contributed by atoms with Gasteiger partial charge in [0.2, 0.25) is 0 Å². The van der Waals surface area contributed by atoms with Crippen molar-refractivity contribution in [3.8, 4) is 28.8 Å². The molecule has 25 heavy (non-hydrogen) atoms. The van der Waals surface area contributed by atoms with E-state index in [0.717, 1.165) is 16.9 Å². The lowest BCUT2D eigenvalue weighted by atomic mass is 10.0.